The van der Waals surface area contributed by atoms with Gasteiger partial charge in [0.1, 0.15) is 0 Å². The number of likely N-dealkylation sites (tertiary alicyclic amines) is 1. The van der Waals surface area contributed by atoms with Crippen LogP contribution in [0.1, 0.15) is 29.0 Å². The van der Waals surface area contributed by atoms with Gasteiger partial charge in [-0.2, -0.15) is 0 Å². The Morgan fingerprint density at radius 3 is 2.52 bits per heavy atom. The van der Waals surface area contributed by atoms with Gasteiger partial charge in [-0.3, -0.25) is 9.69 Å². The first kappa shape index (κ1) is 21.4. The minimum atomic E-state index is -3.51. The van der Waals surface area contributed by atoms with E-state index in [2.05, 4.69) is 5.32 Å². The summed E-state index contributed by atoms with van der Waals surface area (Å²) in [6, 6.07) is 8.00. The van der Waals surface area contributed by atoms with E-state index in [9.17, 15) is 18.0 Å². The molecule has 0 spiro atoms. The number of sulfonamides is 1. The van der Waals surface area contributed by atoms with Crippen LogP contribution in [-0.4, -0.2) is 69.3 Å². The van der Waals surface area contributed by atoms with Crippen molar-refractivity contribution in [1.29, 1.82) is 0 Å². The summed E-state index contributed by atoms with van der Waals surface area (Å²) in [7, 11) is -0.521. The number of furan rings is 1. The Labute approximate surface area is 181 Å². The minimum Gasteiger partial charge on any atom is -0.459 e. The molecule has 1 N–H and O–H groups in total. The van der Waals surface area contributed by atoms with Crippen LogP contribution < -0.4 is 10.2 Å². The molecule has 1 saturated heterocycles. The second-order valence-electron chi connectivity index (χ2n) is 7.97. The van der Waals surface area contributed by atoms with Crippen LogP contribution in [0.15, 0.2) is 45.9 Å². The molecule has 10 heteroatoms. The molecule has 3 heterocycles. The standard InChI is InChI=1S/C21H26N4O5S/c1-23(2)31(28,29)17-5-6-18-15(14-17)7-12-25(18)21(27)22-16-8-10-24(11-9-16)20(26)19-4-3-13-30-19/h3-6,13-14,16H,7-12H2,1-2H3,(H,22,27). The van der Waals surface area contributed by atoms with Crippen LogP contribution in [0.3, 0.4) is 0 Å². The minimum absolute atomic E-state index is 0.0226. The van der Waals surface area contributed by atoms with Crippen molar-refractivity contribution < 1.29 is 22.4 Å². The van der Waals surface area contributed by atoms with E-state index in [0.717, 1.165) is 11.3 Å². The Bertz CT molecular complexity index is 1070. The molecule has 0 bridgehead atoms. The predicted molar refractivity (Wildman–Crippen MR) is 115 cm³/mol. The van der Waals surface area contributed by atoms with Crippen LogP contribution in [0, 0.1) is 0 Å². The zero-order chi connectivity index (χ0) is 22.2. The maximum atomic E-state index is 12.9. The summed E-state index contributed by atoms with van der Waals surface area (Å²) in [5, 5.41) is 3.06. The summed E-state index contributed by atoms with van der Waals surface area (Å²) in [5.74, 6) is 0.193. The van der Waals surface area contributed by atoms with Gasteiger partial charge in [-0.05, 0) is 55.2 Å². The second-order valence-corrected chi connectivity index (χ2v) is 10.1. The van der Waals surface area contributed by atoms with Crippen molar-refractivity contribution in [2.75, 3.05) is 38.6 Å². The number of carbonyl (C=O) groups excluding carboxylic acids is 2. The van der Waals surface area contributed by atoms with Crippen LogP contribution in [0.25, 0.3) is 0 Å². The summed E-state index contributed by atoms with van der Waals surface area (Å²) >= 11 is 0. The lowest BCUT2D eigenvalue weighted by Crippen LogP contribution is -2.50. The number of urea groups is 1. The third kappa shape index (κ3) is 4.17. The van der Waals surface area contributed by atoms with Crippen LogP contribution in [-0.2, 0) is 16.4 Å². The van der Waals surface area contributed by atoms with Gasteiger partial charge in [0.25, 0.3) is 5.91 Å². The molecule has 0 aliphatic carbocycles. The first-order valence-corrected chi connectivity index (χ1v) is 11.7. The average molecular weight is 447 g/mol. The first-order valence-electron chi connectivity index (χ1n) is 10.2. The highest BCUT2D eigenvalue weighted by molar-refractivity contribution is 7.89. The number of nitrogens with zero attached hydrogens (tertiary/aromatic N) is 3. The van der Waals surface area contributed by atoms with E-state index in [1.807, 2.05) is 0 Å². The second kappa shape index (κ2) is 8.35. The van der Waals surface area contributed by atoms with E-state index >= 15 is 0 Å². The molecule has 0 saturated carbocycles. The fourth-order valence-electron chi connectivity index (χ4n) is 4.00. The molecule has 1 aromatic heterocycles. The summed E-state index contributed by atoms with van der Waals surface area (Å²) in [6.07, 6.45) is 3.42. The highest BCUT2D eigenvalue weighted by atomic mass is 32.2. The van der Waals surface area contributed by atoms with Crippen LogP contribution in [0.5, 0.6) is 0 Å². The third-order valence-corrected chi connectivity index (χ3v) is 7.62. The number of hydrogen-bond donors (Lipinski definition) is 1. The van der Waals surface area contributed by atoms with E-state index in [1.54, 1.807) is 40.1 Å². The van der Waals surface area contributed by atoms with Gasteiger partial charge in [-0.15, -0.1) is 0 Å². The summed E-state index contributed by atoms with van der Waals surface area (Å²) in [6.45, 7) is 1.60. The number of anilines is 1. The number of benzene rings is 1. The molecule has 0 atom stereocenters. The molecule has 4 rings (SSSR count). The van der Waals surface area contributed by atoms with Crippen molar-refractivity contribution in [3.8, 4) is 0 Å². The van der Waals surface area contributed by atoms with Crippen LogP contribution in [0.2, 0.25) is 0 Å². The maximum Gasteiger partial charge on any atom is 0.322 e. The van der Waals surface area contributed by atoms with Gasteiger partial charge in [0.2, 0.25) is 10.0 Å². The SMILES string of the molecule is CN(C)S(=O)(=O)c1ccc2c(c1)CCN2C(=O)NC1CCN(C(=O)c2ccco2)CC1. The van der Waals surface area contributed by atoms with Gasteiger partial charge in [-0.1, -0.05) is 0 Å². The van der Waals surface area contributed by atoms with Crippen molar-refractivity contribution in [2.45, 2.75) is 30.2 Å². The highest BCUT2D eigenvalue weighted by Crippen LogP contribution is 2.31. The van der Waals surface area contributed by atoms with Crippen LogP contribution >= 0.6 is 0 Å². The molecule has 0 unspecified atom stereocenters. The number of rotatable bonds is 4. The van der Waals surface area contributed by atoms with Gasteiger partial charge in [-0.25, -0.2) is 17.5 Å². The van der Waals surface area contributed by atoms with Crippen molar-refractivity contribution in [1.82, 2.24) is 14.5 Å². The van der Waals surface area contributed by atoms with E-state index in [0.29, 0.717) is 44.7 Å². The lowest BCUT2D eigenvalue weighted by atomic mass is 10.0. The molecule has 166 valence electrons. The van der Waals surface area contributed by atoms with E-state index in [1.165, 1.54) is 24.7 Å². The Balaban J connectivity index is 1.36. The summed E-state index contributed by atoms with van der Waals surface area (Å²) in [4.78, 5) is 28.8. The fourth-order valence-corrected chi connectivity index (χ4v) is 4.95. The Morgan fingerprint density at radius 1 is 1.13 bits per heavy atom. The average Bonchev–Trinajstić information content (AvgIpc) is 3.43. The molecule has 2 aromatic rings. The molecule has 1 fully saturated rings. The number of hydrogen-bond acceptors (Lipinski definition) is 5. The molecular formula is C21H26N4O5S. The smallest absolute Gasteiger partial charge is 0.322 e. The lowest BCUT2D eigenvalue weighted by molar-refractivity contribution is 0.0676. The van der Waals surface area contributed by atoms with Gasteiger partial charge in [0.15, 0.2) is 5.76 Å². The van der Waals surface area contributed by atoms with Gasteiger partial charge >= 0.3 is 6.03 Å². The number of carbonyl (C=O) groups is 2. The van der Waals surface area contributed by atoms with E-state index in [-0.39, 0.29) is 22.9 Å². The van der Waals surface area contributed by atoms with Gasteiger partial charge in [0, 0.05) is 45.5 Å². The number of fused-ring (bicyclic) bond motifs is 1. The van der Waals surface area contributed by atoms with Crippen LogP contribution in [0.4, 0.5) is 10.5 Å². The van der Waals surface area contributed by atoms with Crippen molar-refractivity contribution in [3.63, 3.8) is 0 Å². The highest BCUT2D eigenvalue weighted by Gasteiger charge is 2.30. The molecule has 3 amide bonds. The molecule has 1 aromatic carbocycles. The maximum absolute atomic E-state index is 12.9. The molecule has 0 radical (unpaired) electrons. The van der Waals surface area contributed by atoms with Gasteiger partial charge in [0.05, 0.1) is 11.2 Å². The Kier molecular flexibility index (Phi) is 5.76. The quantitative estimate of drug-likeness (QED) is 0.773. The first-order chi connectivity index (χ1) is 14.8. The van der Waals surface area contributed by atoms with E-state index in [4.69, 9.17) is 4.42 Å². The largest absolute Gasteiger partial charge is 0.459 e. The molecule has 2 aliphatic rings. The van der Waals surface area contributed by atoms with Crippen molar-refractivity contribution in [2.24, 2.45) is 0 Å². The monoisotopic (exact) mass is 446 g/mol. The molecule has 9 nitrogen and oxygen atoms in total. The number of piperidine rings is 1. The zero-order valence-corrected chi connectivity index (χ0v) is 18.4. The zero-order valence-electron chi connectivity index (χ0n) is 17.6. The van der Waals surface area contributed by atoms with E-state index < -0.39 is 10.0 Å². The summed E-state index contributed by atoms with van der Waals surface area (Å²) in [5.41, 5.74) is 1.58. The lowest BCUT2D eigenvalue weighted by Gasteiger charge is -2.33. The summed E-state index contributed by atoms with van der Waals surface area (Å²) < 4.78 is 31.1. The molecule has 2 aliphatic heterocycles. The van der Waals surface area contributed by atoms with Gasteiger partial charge < -0.3 is 14.6 Å². The fraction of sp³-hybridized carbons (Fsp3) is 0.429. The van der Waals surface area contributed by atoms with Crippen molar-refractivity contribution >= 4 is 27.6 Å². The topological polar surface area (TPSA) is 103 Å². The number of amides is 3. The Hall–Kier alpha value is -2.85. The van der Waals surface area contributed by atoms with Crippen molar-refractivity contribution in [3.05, 3.63) is 47.9 Å². The Morgan fingerprint density at radius 2 is 1.87 bits per heavy atom. The molecular weight excluding hydrogens is 420 g/mol. The normalized spacial score (nSPS) is 17.1. The molecule has 31 heavy (non-hydrogen) atoms. The predicted octanol–water partition coefficient (Wildman–Crippen LogP) is 1.91. The third-order valence-electron chi connectivity index (χ3n) is 5.81. The number of nitrogens with one attached hydrogen (secondary N) is 1.